The van der Waals surface area contributed by atoms with Gasteiger partial charge in [-0.1, -0.05) is 0 Å². The minimum atomic E-state index is -0.311. The first-order valence-electron chi connectivity index (χ1n) is 4.70. The summed E-state index contributed by atoms with van der Waals surface area (Å²) in [4.78, 5) is 15.2. The molecule has 0 unspecified atom stereocenters. The molecule has 15 heavy (non-hydrogen) atoms. The first-order valence-corrected chi connectivity index (χ1v) is 4.70. The van der Waals surface area contributed by atoms with Crippen molar-refractivity contribution in [3.8, 4) is 0 Å². The van der Waals surface area contributed by atoms with Crippen molar-refractivity contribution in [1.82, 2.24) is 4.98 Å². The van der Waals surface area contributed by atoms with Crippen LogP contribution in [0.3, 0.4) is 0 Å². The van der Waals surface area contributed by atoms with Gasteiger partial charge in [0, 0.05) is 11.8 Å². The van der Waals surface area contributed by atoms with E-state index in [1.807, 2.05) is 0 Å². The molecule has 1 aromatic rings. The van der Waals surface area contributed by atoms with Crippen molar-refractivity contribution < 1.29 is 9.53 Å². The van der Waals surface area contributed by atoms with Crippen molar-refractivity contribution in [1.29, 1.82) is 0 Å². The molecule has 4 heteroatoms. The van der Waals surface area contributed by atoms with Crippen LogP contribution in [0.5, 0.6) is 0 Å². The van der Waals surface area contributed by atoms with E-state index in [2.05, 4.69) is 4.98 Å². The molecule has 0 aromatic carbocycles. The van der Waals surface area contributed by atoms with Crippen LogP contribution in [0.1, 0.15) is 19.4 Å². The summed E-state index contributed by atoms with van der Waals surface area (Å²) in [5, 5.41) is 0. The molecule has 4 nitrogen and oxygen atoms in total. The third-order valence-electron chi connectivity index (χ3n) is 1.79. The molecule has 0 aliphatic rings. The summed E-state index contributed by atoms with van der Waals surface area (Å²) in [6.07, 6.45) is 3.32. The molecule has 0 amide bonds. The number of anilines is 1. The molecule has 0 saturated heterocycles. The van der Waals surface area contributed by atoms with E-state index in [4.69, 9.17) is 10.5 Å². The van der Waals surface area contributed by atoms with Crippen LogP contribution in [-0.4, -0.2) is 17.6 Å². The van der Waals surface area contributed by atoms with Crippen molar-refractivity contribution in [2.24, 2.45) is 0 Å². The number of pyridine rings is 1. The Labute approximate surface area is 88.8 Å². The van der Waals surface area contributed by atoms with Crippen molar-refractivity contribution in [3.63, 3.8) is 0 Å². The van der Waals surface area contributed by atoms with E-state index in [1.165, 1.54) is 0 Å². The monoisotopic (exact) mass is 206 g/mol. The van der Waals surface area contributed by atoms with Gasteiger partial charge in [0.15, 0.2) is 0 Å². The predicted octanol–water partition coefficient (Wildman–Crippen LogP) is 1.63. The van der Waals surface area contributed by atoms with Gasteiger partial charge in [-0.3, -0.25) is 0 Å². The predicted molar refractivity (Wildman–Crippen MR) is 58.9 cm³/mol. The van der Waals surface area contributed by atoms with Gasteiger partial charge in [0.2, 0.25) is 0 Å². The molecular weight excluding hydrogens is 192 g/mol. The molecule has 1 heterocycles. The average molecular weight is 206 g/mol. The Morgan fingerprint density at radius 2 is 2.33 bits per heavy atom. The largest absolute Gasteiger partial charge is 0.463 e. The van der Waals surface area contributed by atoms with Gasteiger partial charge in [-0.2, -0.15) is 0 Å². The lowest BCUT2D eigenvalue weighted by Gasteiger charge is -2.01. The number of rotatable bonds is 3. The van der Waals surface area contributed by atoms with Gasteiger partial charge in [0.25, 0.3) is 0 Å². The molecule has 80 valence electrons. The van der Waals surface area contributed by atoms with Crippen LogP contribution in [0.15, 0.2) is 23.9 Å². The number of nitrogens with two attached hydrogens (primary N) is 1. The molecule has 0 radical (unpaired) electrons. The highest BCUT2D eigenvalue weighted by molar-refractivity contribution is 5.92. The van der Waals surface area contributed by atoms with E-state index in [0.717, 1.165) is 5.56 Å². The van der Waals surface area contributed by atoms with Crippen molar-refractivity contribution in [2.75, 3.05) is 12.3 Å². The van der Waals surface area contributed by atoms with Crippen LogP contribution in [0.2, 0.25) is 0 Å². The first-order chi connectivity index (χ1) is 7.13. The van der Waals surface area contributed by atoms with Gasteiger partial charge in [-0.05, 0) is 37.6 Å². The van der Waals surface area contributed by atoms with Gasteiger partial charge in [0.05, 0.1) is 6.61 Å². The number of hydrogen-bond acceptors (Lipinski definition) is 4. The molecule has 2 N–H and O–H groups in total. The summed E-state index contributed by atoms with van der Waals surface area (Å²) >= 11 is 0. The Balaban J connectivity index is 2.78. The zero-order chi connectivity index (χ0) is 11.3. The molecule has 1 rings (SSSR count). The quantitative estimate of drug-likeness (QED) is 0.603. The third-order valence-corrected chi connectivity index (χ3v) is 1.79. The van der Waals surface area contributed by atoms with Gasteiger partial charge in [-0.15, -0.1) is 0 Å². The zero-order valence-corrected chi connectivity index (χ0v) is 8.86. The summed E-state index contributed by atoms with van der Waals surface area (Å²) in [5.41, 5.74) is 6.81. The van der Waals surface area contributed by atoms with Crippen LogP contribution < -0.4 is 5.73 Å². The normalized spacial score (nSPS) is 11.2. The Morgan fingerprint density at radius 3 is 2.87 bits per heavy atom. The summed E-state index contributed by atoms with van der Waals surface area (Å²) in [6.45, 7) is 3.86. The number of nitrogens with zero attached hydrogens (tertiary/aromatic N) is 1. The lowest BCUT2D eigenvalue weighted by molar-refractivity contribution is -0.138. The van der Waals surface area contributed by atoms with E-state index in [9.17, 15) is 4.79 Å². The Hall–Kier alpha value is -1.84. The van der Waals surface area contributed by atoms with Crippen LogP contribution in [-0.2, 0) is 9.53 Å². The minimum Gasteiger partial charge on any atom is -0.463 e. The summed E-state index contributed by atoms with van der Waals surface area (Å²) in [7, 11) is 0. The van der Waals surface area contributed by atoms with E-state index >= 15 is 0 Å². The van der Waals surface area contributed by atoms with Crippen molar-refractivity contribution in [2.45, 2.75) is 13.8 Å². The van der Waals surface area contributed by atoms with Gasteiger partial charge >= 0.3 is 5.97 Å². The van der Waals surface area contributed by atoms with Gasteiger partial charge in [-0.25, -0.2) is 9.78 Å². The van der Waals surface area contributed by atoms with Crippen LogP contribution in [0.25, 0.3) is 6.08 Å². The number of esters is 1. The fourth-order valence-electron chi connectivity index (χ4n) is 1.06. The number of hydrogen-bond donors (Lipinski definition) is 1. The molecular formula is C11H14N2O2. The second kappa shape index (κ2) is 5.14. The van der Waals surface area contributed by atoms with Crippen LogP contribution in [0, 0.1) is 0 Å². The number of carbonyl (C=O) groups excluding carboxylic acids is 1. The maximum atomic E-state index is 11.3. The number of aromatic nitrogens is 1. The molecule has 0 fully saturated rings. The minimum absolute atomic E-state index is 0.311. The Morgan fingerprint density at radius 1 is 1.60 bits per heavy atom. The van der Waals surface area contributed by atoms with Crippen LogP contribution in [0.4, 0.5) is 5.82 Å². The topological polar surface area (TPSA) is 65.2 Å². The van der Waals surface area contributed by atoms with E-state index in [-0.39, 0.29) is 5.97 Å². The lowest BCUT2D eigenvalue weighted by Crippen LogP contribution is -2.04. The van der Waals surface area contributed by atoms with Crippen molar-refractivity contribution >= 4 is 17.9 Å². The molecule has 0 aliphatic carbocycles. The second-order valence-corrected chi connectivity index (χ2v) is 3.06. The number of carbonyl (C=O) groups is 1. The molecule has 0 spiro atoms. The fraction of sp³-hybridized carbons (Fsp3) is 0.273. The highest BCUT2D eigenvalue weighted by atomic mass is 16.5. The highest BCUT2D eigenvalue weighted by Crippen LogP contribution is 2.08. The molecule has 0 atom stereocenters. The van der Waals surface area contributed by atoms with E-state index < -0.39 is 0 Å². The zero-order valence-electron chi connectivity index (χ0n) is 8.86. The van der Waals surface area contributed by atoms with Crippen molar-refractivity contribution in [3.05, 3.63) is 29.5 Å². The smallest absolute Gasteiger partial charge is 0.333 e. The molecule has 0 aliphatic heterocycles. The number of nitrogen functional groups attached to an aromatic ring is 1. The molecule has 0 saturated carbocycles. The summed E-state index contributed by atoms with van der Waals surface area (Å²) in [5.74, 6) is 0.148. The summed E-state index contributed by atoms with van der Waals surface area (Å²) < 4.78 is 4.85. The summed E-state index contributed by atoms with van der Waals surface area (Å²) in [6, 6.07) is 3.48. The average Bonchev–Trinajstić information content (AvgIpc) is 2.22. The van der Waals surface area contributed by atoms with Crippen LogP contribution >= 0.6 is 0 Å². The SMILES string of the molecule is CCOC(=O)C(C)=Cc1ccc(N)nc1. The van der Waals surface area contributed by atoms with Gasteiger partial charge < -0.3 is 10.5 Å². The van der Waals surface area contributed by atoms with E-state index in [0.29, 0.717) is 18.0 Å². The lowest BCUT2D eigenvalue weighted by atomic mass is 10.2. The fourth-order valence-corrected chi connectivity index (χ4v) is 1.06. The van der Waals surface area contributed by atoms with E-state index in [1.54, 1.807) is 38.3 Å². The first kappa shape index (κ1) is 11.2. The molecule has 1 aromatic heterocycles. The van der Waals surface area contributed by atoms with Gasteiger partial charge in [0.1, 0.15) is 5.82 Å². The maximum Gasteiger partial charge on any atom is 0.333 e. The Kier molecular flexibility index (Phi) is 3.85. The third kappa shape index (κ3) is 3.42. The second-order valence-electron chi connectivity index (χ2n) is 3.06. The molecule has 0 bridgehead atoms. The standard InChI is InChI=1S/C11H14N2O2/c1-3-15-11(14)8(2)6-9-4-5-10(12)13-7-9/h4-7H,3H2,1-2H3,(H2,12,13). The highest BCUT2D eigenvalue weighted by Gasteiger charge is 2.03. The number of ether oxygens (including phenoxy) is 1. The maximum absolute atomic E-state index is 11.3. The Bertz CT molecular complexity index is 369.